The van der Waals surface area contributed by atoms with Gasteiger partial charge in [0, 0.05) is 18.7 Å². The van der Waals surface area contributed by atoms with E-state index < -0.39 is 6.61 Å². The monoisotopic (exact) mass is 342 g/mol. The highest BCUT2D eigenvalue weighted by Gasteiger charge is 2.10. The molecule has 0 atom stereocenters. The number of aryl methyl sites for hydroxylation is 1. The number of amides is 1. The van der Waals surface area contributed by atoms with Gasteiger partial charge in [0.2, 0.25) is 5.91 Å². The third-order valence-corrected chi connectivity index (χ3v) is 2.97. The van der Waals surface area contributed by atoms with Crippen LogP contribution in [-0.2, 0) is 11.3 Å². The number of benzene rings is 1. The van der Waals surface area contributed by atoms with E-state index in [0.29, 0.717) is 24.6 Å². The number of nitrogens with zero attached hydrogens (tertiary/aromatic N) is 1. The lowest BCUT2D eigenvalue weighted by Crippen LogP contribution is -2.43. The third kappa shape index (κ3) is 7.26. The lowest BCUT2D eigenvalue weighted by molar-refractivity contribution is -0.119. The lowest BCUT2D eigenvalue weighted by Gasteiger charge is -2.13. The molecule has 6 nitrogen and oxygen atoms in total. The average molecular weight is 342 g/mol. The number of likely N-dealkylation sites (N-methyl/N-ethyl adjacent to an activating group) is 1. The van der Waals surface area contributed by atoms with Gasteiger partial charge in [0.25, 0.3) is 0 Å². The van der Waals surface area contributed by atoms with Crippen molar-refractivity contribution in [1.29, 1.82) is 0 Å². The van der Waals surface area contributed by atoms with Gasteiger partial charge >= 0.3 is 6.61 Å². The maximum absolute atomic E-state index is 12.5. The quantitative estimate of drug-likeness (QED) is 0.497. The summed E-state index contributed by atoms with van der Waals surface area (Å²) in [5.74, 6) is 0.368. The number of rotatable bonds is 8. The standard InChI is InChI=1S/C16H24F2N4O2/c1-4-19-14(23)10-22-16(20-5-2)21-9-12-8-11(3)6-7-13(12)24-15(17)18/h6-8,15H,4-5,9-10H2,1-3H3,(H,19,23)(H2,20,21,22). The van der Waals surface area contributed by atoms with Gasteiger partial charge in [-0.1, -0.05) is 17.7 Å². The zero-order valence-corrected chi connectivity index (χ0v) is 14.2. The molecule has 8 heteroatoms. The lowest BCUT2D eigenvalue weighted by atomic mass is 10.1. The first kappa shape index (κ1) is 19.7. The van der Waals surface area contributed by atoms with Gasteiger partial charge in [0.15, 0.2) is 5.96 Å². The number of ether oxygens (including phenoxy) is 1. The van der Waals surface area contributed by atoms with Crippen molar-refractivity contribution in [3.8, 4) is 5.75 Å². The molecule has 3 N–H and O–H groups in total. The molecule has 0 unspecified atom stereocenters. The summed E-state index contributed by atoms with van der Waals surface area (Å²) in [5.41, 5.74) is 1.47. The van der Waals surface area contributed by atoms with E-state index in [1.165, 1.54) is 6.07 Å². The number of halogens is 2. The number of hydrogen-bond donors (Lipinski definition) is 3. The van der Waals surface area contributed by atoms with E-state index in [1.54, 1.807) is 12.1 Å². The maximum Gasteiger partial charge on any atom is 0.387 e. The van der Waals surface area contributed by atoms with Gasteiger partial charge in [0.1, 0.15) is 5.75 Å². The summed E-state index contributed by atoms with van der Waals surface area (Å²) < 4.78 is 29.5. The van der Waals surface area contributed by atoms with Gasteiger partial charge in [-0.25, -0.2) is 4.99 Å². The largest absolute Gasteiger partial charge is 0.434 e. The minimum Gasteiger partial charge on any atom is -0.434 e. The fourth-order valence-electron chi connectivity index (χ4n) is 1.97. The molecule has 24 heavy (non-hydrogen) atoms. The Morgan fingerprint density at radius 1 is 1.21 bits per heavy atom. The molecule has 0 aliphatic heterocycles. The molecular weight excluding hydrogens is 318 g/mol. The Morgan fingerprint density at radius 3 is 2.54 bits per heavy atom. The van der Waals surface area contributed by atoms with Gasteiger partial charge in [-0.05, 0) is 26.8 Å². The van der Waals surface area contributed by atoms with Crippen molar-refractivity contribution in [2.45, 2.75) is 33.9 Å². The summed E-state index contributed by atoms with van der Waals surface area (Å²) in [4.78, 5) is 15.8. The van der Waals surface area contributed by atoms with Gasteiger partial charge in [-0.15, -0.1) is 0 Å². The molecule has 0 bridgehead atoms. The first-order valence-corrected chi connectivity index (χ1v) is 7.79. The summed E-state index contributed by atoms with van der Waals surface area (Å²) in [5, 5.41) is 8.55. The highest BCUT2D eigenvalue weighted by Crippen LogP contribution is 2.22. The number of hydrogen-bond acceptors (Lipinski definition) is 3. The van der Waals surface area contributed by atoms with Crippen molar-refractivity contribution in [3.05, 3.63) is 29.3 Å². The van der Waals surface area contributed by atoms with Gasteiger partial charge in [-0.3, -0.25) is 4.79 Å². The molecular formula is C16H24F2N4O2. The predicted octanol–water partition coefficient (Wildman–Crippen LogP) is 1.79. The van der Waals surface area contributed by atoms with Crippen LogP contribution >= 0.6 is 0 Å². The molecule has 134 valence electrons. The smallest absolute Gasteiger partial charge is 0.387 e. The van der Waals surface area contributed by atoms with Crippen LogP contribution in [-0.4, -0.2) is 38.1 Å². The number of guanidine groups is 1. The molecule has 1 aromatic rings. The van der Waals surface area contributed by atoms with E-state index in [9.17, 15) is 13.6 Å². The average Bonchev–Trinajstić information content (AvgIpc) is 2.52. The minimum atomic E-state index is -2.89. The number of aliphatic imine (C=N–C) groups is 1. The van der Waals surface area contributed by atoms with Crippen molar-refractivity contribution in [1.82, 2.24) is 16.0 Å². The number of nitrogens with one attached hydrogen (secondary N) is 3. The van der Waals surface area contributed by atoms with Crippen molar-refractivity contribution >= 4 is 11.9 Å². The van der Waals surface area contributed by atoms with Crippen molar-refractivity contribution in [3.63, 3.8) is 0 Å². The van der Waals surface area contributed by atoms with Crippen LogP contribution < -0.4 is 20.7 Å². The SMILES string of the molecule is CCNC(=O)CNC(=NCc1cc(C)ccc1OC(F)F)NCC. The topological polar surface area (TPSA) is 74.8 Å². The Balaban J connectivity index is 2.81. The summed E-state index contributed by atoms with van der Waals surface area (Å²) in [6, 6.07) is 4.94. The van der Waals surface area contributed by atoms with Crippen LogP contribution in [0.4, 0.5) is 8.78 Å². The Morgan fingerprint density at radius 2 is 1.92 bits per heavy atom. The summed E-state index contributed by atoms with van der Waals surface area (Å²) in [6.07, 6.45) is 0. The molecule has 0 radical (unpaired) electrons. The second-order valence-electron chi connectivity index (χ2n) is 4.99. The molecule has 0 aliphatic carbocycles. The van der Waals surface area contributed by atoms with E-state index in [2.05, 4.69) is 25.7 Å². The molecule has 0 saturated heterocycles. The van der Waals surface area contributed by atoms with Gasteiger partial charge in [0.05, 0.1) is 13.1 Å². The molecule has 0 heterocycles. The Hall–Kier alpha value is -2.38. The fraction of sp³-hybridized carbons (Fsp3) is 0.500. The summed E-state index contributed by atoms with van der Waals surface area (Å²) in [6.45, 7) is 4.07. The van der Waals surface area contributed by atoms with Crippen molar-refractivity contribution < 1.29 is 18.3 Å². The first-order chi connectivity index (χ1) is 11.5. The van der Waals surface area contributed by atoms with Crippen LogP contribution in [0.2, 0.25) is 0 Å². The molecule has 0 aromatic heterocycles. The second kappa shape index (κ2) is 10.4. The zero-order chi connectivity index (χ0) is 17.9. The van der Waals surface area contributed by atoms with E-state index in [4.69, 9.17) is 0 Å². The molecule has 1 amide bonds. The van der Waals surface area contributed by atoms with E-state index >= 15 is 0 Å². The summed E-state index contributed by atoms with van der Waals surface area (Å²) >= 11 is 0. The molecule has 0 saturated carbocycles. The maximum atomic E-state index is 12.5. The van der Waals surface area contributed by atoms with E-state index in [-0.39, 0.29) is 24.7 Å². The van der Waals surface area contributed by atoms with Gasteiger partial charge < -0.3 is 20.7 Å². The Bertz CT molecular complexity index is 565. The second-order valence-corrected chi connectivity index (χ2v) is 4.99. The molecule has 0 spiro atoms. The molecule has 1 aromatic carbocycles. The first-order valence-electron chi connectivity index (χ1n) is 7.79. The highest BCUT2D eigenvalue weighted by atomic mass is 19.3. The van der Waals surface area contributed by atoms with Crippen LogP contribution in [0, 0.1) is 6.92 Å². The van der Waals surface area contributed by atoms with Gasteiger partial charge in [-0.2, -0.15) is 8.78 Å². The van der Waals surface area contributed by atoms with Crippen LogP contribution in [0.1, 0.15) is 25.0 Å². The number of carbonyl (C=O) groups is 1. The van der Waals surface area contributed by atoms with E-state index in [0.717, 1.165) is 5.56 Å². The fourth-order valence-corrected chi connectivity index (χ4v) is 1.97. The molecule has 0 aliphatic rings. The van der Waals surface area contributed by atoms with Crippen molar-refractivity contribution in [2.24, 2.45) is 4.99 Å². The molecule has 1 rings (SSSR count). The Kier molecular flexibility index (Phi) is 8.53. The van der Waals surface area contributed by atoms with Crippen LogP contribution in [0.5, 0.6) is 5.75 Å². The third-order valence-electron chi connectivity index (χ3n) is 2.97. The summed E-state index contributed by atoms with van der Waals surface area (Å²) in [7, 11) is 0. The highest BCUT2D eigenvalue weighted by molar-refractivity contribution is 5.86. The van der Waals surface area contributed by atoms with E-state index in [1.807, 2.05) is 20.8 Å². The van der Waals surface area contributed by atoms with Crippen LogP contribution in [0.15, 0.2) is 23.2 Å². The Labute approximate surface area is 140 Å². The zero-order valence-electron chi connectivity index (χ0n) is 14.2. The number of carbonyl (C=O) groups excluding carboxylic acids is 1. The van der Waals surface area contributed by atoms with Crippen LogP contribution in [0.25, 0.3) is 0 Å². The molecule has 0 fully saturated rings. The van der Waals surface area contributed by atoms with Crippen LogP contribution in [0.3, 0.4) is 0 Å². The minimum absolute atomic E-state index is 0.0773. The number of alkyl halides is 2. The predicted molar refractivity (Wildman–Crippen MR) is 89.3 cm³/mol. The normalized spacial score (nSPS) is 11.3. The van der Waals surface area contributed by atoms with Crippen molar-refractivity contribution in [2.75, 3.05) is 19.6 Å².